The maximum Gasteiger partial charge on any atom is 0.325 e. The van der Waals surface area contributed by atoms with E-state index in [1.165, 1.54) is 6.20 Å². The third-order valence-corrected chi connectivity index (χ3v) is 2.22. The largest absolute Gasteiger partial charge is 0.480 e. The zero-order valence-corrected chi connectivity index (χ0v) is 9.85. The van der Waals surface area contributed by atoms with Gasteiger partial charge in [-0.15, -0.1) is 5.10 Å². The minimum Gasteiger partial charge on any atom is -0.480 e. The Bertz CT molecular complexity index is 581. The van der Waals surface area contributed by atoms with Gasteiger partial charge < -0.3 is 10.4 Å². The average Bonchev–Trinajstić information content (AvgIpc) is 2.85. The molecule has 98 valence electrons. The number of nitrogens with one attached hydrogen (secondary N) is 1. The van der Waals surface area contributed by atoms with Crippen molar-refractivity contribution >= 4 is 11.9 Å². The van der Waals surface area contributed by atoms with E-state index in [4.69, 9.17) is 5.11 Å². The smallest absolute Gasteiger partial charge is 0.325 e. The summed E-state index contributed by atoms with van der Waals surface area (Å²) in [6.45, 7) is -0.0635. The van der Waals surface area contributed by atoms with E-state index in [1.54, 1.807) is 18.3 Å². The van der Waals surface area contributed by atoms with E-state index in [-0.39, 0.29) is 18.8 Å². The molecule has 0 saturated carbocycles. The van der Waals surface area contributed by atoms with Crippen molar-refractivity contribution in [1.29, 1.82) is 0 Å². The number of aliphatic carboxylic acids is 1. The van der Waals surface area contributed by atoms with Crippen molar-refractivity contribution < 1.29 is 14.7 Å². The van der Waals surface area contributed by atoms with Crippen LogP contribution in [0.2, 0.25) is 0 Å². The van der Waals surface area contributed by atoms with Crippen LogP contribution in [0.3, 0.4) is 0 Å². The first-order chi connectivity index (χ1) is 9.15. The minimum absolute atomic E-state index is 0.0668. The number of hydrogen-bond donors (Lipinski definition) is 2. The van der Waals surface area contributed by atoms with Crippen molar-refractivity contribution in [2.24, 2.45) is 0 Å². The zero-order chi connectivity index (χ0) is 13.7. The molecular formula is C11H11N5O3. The van der Waals surface area contributed by atoms with Crippen molar-refractivity contribution in [3.63, 3.8) is 0 Å². The summed E-state index contributed by atoms with van der Waals surface area (Å²) in [5.74, 6) is -1.48. The fraction of sp³-hybridized carbons (Fsp3) is 0.182. The summed E-state index contributed by atoms with van der Waals surface area (Å²) in [6, 6.07) is 5.38. The summed E-state index contributed by atoms with van der Waals surface area (Å²) < 4.78 is 1.08. The van der Waals surface area contributed by atoms with Gasteiger partial charge in [0.15, 0.2) is 5.69 Å². The predicted octanol–water partition coefficient (Wildman–Crippen LogP) is -0.312. The van der Waals surface area contributed by atoms with Crippen LogP contribution in [0.1, 0.15) is 16.2 Å². The molecule has 0 aliphatic carbocycles. The Balaban J connectivity index is 1.93. The molecule has 2 heterocycles. The van der Waals surface area contributed by atoms with Gasteiger partial charge in [-0.1, -0.05) is 11.3 Å². The number of nitrogens with zero attached hydrogens (tertiary/aromatic N) is 4. The molecule has 2 N–H and O–H groups in total. The standard InChI is InChI=1S/C11H11N5O3/c17-10(18)7-16-6-9(14-15-16)11(19)13-5-8-3-1-2-4-12-8/h1-4,6H,5,7H2,(H,13,19)(H,17,18). The van der Waals surface area contributed by atoms with E-state index in [2.05, 4.69) is 20.6 Å². The third kappa shape index (κ3) is 3.60. The molecule has 0 atom stereocenters. The van der Waals surface area contributed by atoms with Gasteiger partial charge in [0.05, 0.1) is 18.4 Å². The topological polar surface area (TPSA) is 110 Å². The highest BCUT2D eigenvalue weighted by molar-refractivity contribution is 5.91. The van der Waals surface area contributed by atoms with Gasteiger partial charge in [0, 0.05) is 6.20 Å². The maximum absolute atomic E-state index is 11.7. The third-order valence-electron chi connectivity index (χ3n) is 2.22. The molecule has 0 unspecified atom stereocenters. The predicted molar refractivity (Wildman–Crippen MR) is 63.1 cm³/mol. The highest BCUT2D eigenvalue weighted by atomic mass is 16.4. The fourth-order valence-corrected chi connectivity index (χ4v) is 1.38. The van der Waals surface area contributed by atoms with E-state index in [0.717, 1.165) is 4.68 Å². The van der Waals surface area contributed by atoms with Crippen LogP contribution < -0.4 is 5.32 Å². The number of carbonyl (C=O) groups excluding carboxylic acids is 1. The Morgan fingerprint density at radius 2 is 2.21 bits per heavy atom. The molecule has 0 fully saturated rings. The molecular weight excluding hydrogens is 250 g/mol. The molecule has 2 aromatic heterocycles. The SMILES string of the molecule is O=C(O)Cn1cc(C(=O)NCc2ccccn2)nn1. The second-order valence-electron chi connectivity index (χ2n) is 3.70. The fourth-order valence-electron chi connectivity index (χ4n) is 1.38. The van der Waals surface area contributed by atoms with Gasteiger partial charge in [-0.3, -0.25) is 14.6 Å². The summed E-state index contributed by atoms with van der Waals surface area (Å²) in [5.41, 5.74) is 0.783. The highest BCUT2D eigenvalue weighted by Gasteiger charge is 2.11. The second-order valence-corrected chi connectivity index (χ2v) is 3.70. The van der Waals surface area contributed by atoms with Gasteiger partial charge >= 0.3 is 5.97 Å². The van der Waals surface area contributed by atoms with Crippen LogP contribution in [0.25, 0.3) is 0 Å². The molecule has 0 radical (unpaired) electrons. The number of carboxylic acids is 1. The number of hydrogen-bond acceptors (Lipinski definition) is 5. The summed E-state index contributed by atoms with van der Waals surface area (Å²) in [5, 5.41) is 18.3. The molecule has 2 aromatic rings. The van der Waals surface area contributed by atoms with Crippen molar-refractivity contribution in [3.8, 4) is 0 Å². The van der Waals surface area contributed by atoms with Crippen molar-refractivity contribution in [2.45, 2.75) is 13.1 Å². The Morgan fingerprint density at radius 3 is 2.89 bits per heavy atom. The first-order valence-electron chi connectivity index (χ1n) is 5.45. The van der Waals surface area contributed by atoms with Gasteiger partial charge in [-0.2, -0.15) is 0 Å². The van der Waals surface area contributed by atoms with E-state index >= 15 is 0 Å². The lowest BCUT2D eigenvalue weighted by Gasteiger charge is -2.01. The average molecular weight is 261 g/mol. The van der Waals surface area contributed by atoms with E-state index < -0.39 is 11.9 Å². The van der Waals surface area contributed by atoms with Gasteiger partial charge in [-0.25, -0.2) is 4.68 Å². The Morgan fingerprint density at radius 1 is 1.37 bits per heavy atom. The van der Waals surface area contributed by atoms with Gasteiger partial charge in [0.2, 0.25) is 0 Å². The lowest BCUT2D eigenvalue weighted by molar-refractivity contribution is -0.137. The van der Waals surface area contributed by atoms with Crippen molar-refractivity contribution in [3.05, 3.63) is 42.0 Å². The van der Waals surface area contributed by atoms with E-state index in [9.17, 15) is 9.59 Å². The van der Waals surface area contributed by atoms with Crippen LogP contribution in [0.15, 0.2) is 30.6 Å². The first-order valence-corrected chi connectivity index (χ1v) is 5.45. The van der Waals surface area contributed by atoms with Gasteiger partial charge in [0.25, 0.3) is 5.91 Å². The monoisotopic (exact) mass is 261 g/mol. The molecule has 0 spiro atoms. The Hall–Kier alpha value is -2.77. The lowest BCUT2D eigenvalue weighted by atomic mass is 10.3. The quantitative estimate of drug-likeness (QED) is 0.763. The lowest BCUT2D eigenvalue weighted by Crippen LogP contribution is -2.23. The maximum atomic E-state index is 11.7. The summed E-state index contributed by atoms with van der Waals surface area (Å²) in [7, 11) is 0. The normalized spacial score (nSPS) is 10.1. The van der Waals surface area contributed by atoms with Crippen LogP contribution in [0.4, 0.5) is 0 Å². The highest BCUT2D eigenvalue weighted by Crippen LogP contribution is 1.96. The molecule has 0 aliphatic rings. The Labute approximate surface area is 108 Å². The molecule has 0 saturated heterocycles. The number of pyridine rings is 1. The zero-order valence-electron chi connectivity index (χ0n) is 9.85. The molecule has 1 amide bonds. The van der Waals surface area contributed by atoms with Gasteiger partial charge in [0.1, 0.15) is 6.54 Å². The van der Waals surface area contributed by atoms with E-state index in [0.29, 0.717) is 5.69 Å². The van der Waals surface area contributed by atoms with Gasteiger partial charge in [-0.05, 0) is 12.1 Å². The molecule has 0 aromatic carbocycles. The number of aromatic nitrogens is 4. The first kappa shape index (κ1) is 12.7. The number of carboxylic acid groups (broad SMARTS) is 1. The van der Waals surface area contributed by atoms with Crippen LogP contribution >= 0.6 is 0 Å². The number of rotatable bonds is 5. The van der Waals surface area contributed by atoms with Crippen LogP contribution in [0.5, 0.6) is 0 Å². The van der Waals surface area contributed by atoms with Crippen molar-refractivity contribution in [2.75, 3.05) is 0 Å². The second kappa shape index (κ2) is 5.71. The molecule has 2 rings (SSSR count). The van der Waals surface area contributed by atoms with Crippen molar-refractivity contribution in [1.82, 2.24) is 25.3 Å². The molecule has 8 heteroatoms. The Kier molecular flexibility index (Phi) is 3.81. The van der Waals surface area contributed by atoms with Crippen LogP contribution in [-0.2, 0) is 17.9 Å². The summed E-state index contributed by atoms with van der Waals surface area (Å²) >= 11 is 0. The minimum atomic E-state index is -1.05. The van der Waals surface area contributed by atoms with Crippen LogP contribution in [-0.4, -0.2) is 37.0 Å². The summed E-state index contributed by atoms with van der Waals surface area (Å²) in [4.78, 5) is 26.2. The molecule has 8 nitrogen and oxygen atoms in total. The number of carbonyl (C=O) groups is 2. The summed E-state index contributed by atoms with van der Waals surface area (Å²) in [6.07, 6.45) is 2.91. The van der Waals surface area contributed by atoms with Crippen LogP contribution in [0, 0.1) is 0 Å². The molecule has 19 heavy (non-hydrogen) atoms. The molecule has 0 bridgehead atoms. The number of amides is 1. The van der Waals surface area contributed by atoms with E-state index in [1.807, 2.05) is 6.07 Å². The molecule has 0 aliphatic heterocycles.